The van der Waals surface area contributed by atoms with Crippen molar-refractivity contribution < 1.29 is 4.79 Å². The Balaban J connectivity index is 1.49. The third-order valence-electron chi connectivity index (χ3n) is 5.37. The van der Waals surface area contributed by atoms with Gasteiger partial charge in [0.2, 0.25) is 11.0 Å². The molecule has 0 aliphatic rings. The van der Waals surface area contributed by atoms with Crippen LogP contribution in [0.15, 0.2) is 52.6 Å². The van der Waals surface area contributed by atoms with Gasteiger partial charge in [0.05, 0.1) is 5.69 Å². The Morgan fingerprint density at radius 3 is 2.66 bits per heavy atom. The van der Waals surface area contributed by atoms with Gasteiger partial charge in [0, 0.05) is 39.3 Å². The number of anilines is 1. The highest BCUT2D eigenvalue weighted by Crippen LogP contribution is 2.25. The van der Waals surface area contributed by atoms with Crippen LogP contribution < -0.4 is 10.9 Å². The van der Waals surface area contributed by atoms with Crippen LogP contribution in [-0.4, -0.2) is 20.7 Å². The zero-order chi connectivity index (χ0) is 22.8. The summed E-state index contributed by atoms with van der Waals surface area (Å²) in [5, 5.41) is 9.07. The number of rotatable bonds is 6. The molecule has 2 N–H and O–H groups in total. The minimum atomic E-state index is -0.181. The molecule has 0 atom stereocenters. The maximum absolute atomic E-state index is 13.0. The van der Waals surface area contributed by atoms with Crippen molar-refractivity contribution in [2.24, 2.45) is 0 Å². The molecule has 1 amide bonds. The second-order valence-electron chi connectivity index (χ2n) is 7.70. The number of hydrogen-bond acceptors (Lipinski definition) is 4. The molecule has 0 saturated heterocycles. The molecular formula is C24H23ClN4O2S. The first-order chi connectivity index (χ1) is 15.3. The van der Waals surface area contributed by atoms with E-state index in [9.17, 15) is 9.59 Å². The number of aryl methyl sites for hydroxylation is 2. The van der Waals surface area contributed by atoms with E-state index < -0.39 is 0 Å². The molecule has 0 radical (unpaired) electrons. The molecule has 0 spiro atoms. The van der Waals surface area contributed by atoms with Crippen LogP contribution in [-0.2, 0) is 11.2 Å². The van der Waals surface area contributed by atoms with Crippen LogP contribution in [0.25, 0.3) is 16.4 Å². The predicted molar refractivity (Wildman–Crippen MR) is 130 cm³/mol. The first kappa shape index (κ1) is 22.0. The summed E-state index contributed by atoms with van der Waals surface area (Å²) < 4.78 is 1.45. The summed E-state index contributed by atoms with van der Waals surface area (Å²) in [4.78, 5) is 30.1. The lowest BCUT2D eigenvalue weighted by Gasteiger charge is -2.09. The van der Waals surface area contributed by atoms with Gasteiger partial charge in [-0.15, -0.1) is 11.3 Å². The molecule has 32 heavy (non-hydrogen) atoms. The quantitative estimate of drug-likeness (QED) is 0.397. The Morgan fingerprint density at radius 1 is 1.16 bits per heavy atom. The molecule has 0 saturated carbocycles. The summed E-state index contributed by atoms with van der Waals surface area (Å²) in [7, 11) is 0. The van der Waals surface area contributed by atoms with E-state index in [1.165, 1.54) is 21.6 Å². The summed E-state index contributed by atoms with van der Waals surface area (Å²) in [5.74, 6) is -0.169. The number of amides is 1. The lowest BCUT2D eigenvalue weighted by molar-refractivity contribution is -0.116. The Kier molecular flexibility index (Phi) is 6.30. The molecular weight excluding hydrogens is 444 g/mol. The lowest BCUT2D eigenvalue weighted by Crippen LogP contribution is -2.19. The molecule has 0 aliphatic heterocycles. The maximum atomic E-state index is 13.0. The Labute approximate surface area is 194 Å². The van der Waals surface area contributed by atoms with E-state index in [2.05, 4.69) is 15.4 Å². The molecule has 6 nitrogen and oxygen atoms in total. The number of nitrogens with zero attached hydrogens (tertiary/aromatic N) is 2. The number of aromatic nitrogens is 3. The van der Waals surface area contributed by atoms with Gasteiger partial charge in [0.25, 0.3) is 5.56 Å². The predicted octanol–water partition coefficient (Wildman–Crippen LogP) is 5.44. The Morgan fingerprint density at radius 2 is 1.91 bits per heavy atom. The molecule has 0 fully saturated rings. The van der Waals surface area contributed by atoms with E-state index in [4.69, 9.17) is 11.6 Å². The number of H-pyrrole nitrogens is 1. The highest BCUT2D eigenvalue weighted by Gasteiger charge is 2.17. The molecule has 2 aromatic carbocycles. The van der Waals surface area contributed by atoms with Crippen molar-refractivity contribution >= 4 is 34.5 Å². The van der Waals surface area contributed by atoms with Gasteiger partial charge in [-0.25, -0.2) is 4.98 Å². The molecule has 4 aromatic rings. The standard InChI is InChI=1S/C24H23ClN4O2S/c1-14-7-9-17(10-8-14)21-13-32-24(27-21)29-23(31)18(16(3)28-29)11-12-22(30)26-20-6-4-5-19(25)15(20)2/h4-10,13,28H,11-12H2,1-3H3,(H,26,30). The minimum Gasteiger partial charge on any atom is -0.326 e. The van der Waals surface area contributed by atoms with Gasteiger partial charge >= 0.3 is 0 Å². The van der Waals surface area contributed by atoms with Gasteiger partial charge in [0.15, 0.2) is 0 Å². The fraction of sp³-hybridized carbons (Fsp3) is 0.208. The van der Waals surface area contributed by atoms with Crippen molar-refractivity contribution in [3.8, 4) is 16.4 Å². The SMILES string of the molecule is Cc1ccc(-c2csc(-n3[nH]c(C)c(CCC(=O)Nc4cccc(Cl)c4C)c3=O)n2)cc1. The van der Waals surface area contributed by atoms with Gasteiger partial charge in [-0.2, -0.15) is 4.68 Å². The smallest absolute Gasteiger partial charge is 0.276 e. The first-order valence-electron chi connectivity index (χ1n) is 10.2. The molecule has 2 heterocycles. The fourth-order valence-electron chi connectivity index (χ4n) is 3.43. The van der Waals surface area contributed by atoms with Crippen molar-refractivity contribution in [3.05, 3.63) is 85.6 Å². The first-order valence-corrected chi connectivity index (χ1v) is 11.5. The summed E-state index contributed by atoms with van der Waals surface area (Å²) in [6, 6.07) is 13.5. The Bertz CT molecular complexity index is 1340. The van der Waals surface area contributed by atoms with E-state index in [0.29, 0.717) is 27.8 Å². The van der Waals surface area contributed by atoms with Gasteiger partial charge in [-0.3, -0.25) is 14.7 Å². The number of carbonyl (C=O) groups is 1. The average Bonchev–Trinajstić information content (AvgIpc) is 3.35. The summed E-state index contributed by atoms with van der Waals surface area (Å²) in [6.45, 7) is 5.72. The number of thiazole rings is 1. The number of halogens is 1. The zero-order valence-corrected chi connectivity index (χ0v) is 19.6. The average molecular weight is 467 g/mol. The number of aromatic amines is 1. The third kappa shape index (κ3) is 4.54. The van der Waals surface area contributed by atoms with Gasteiger partial charge in [-0.05, 0) is 44.9 Å². The number of benzene rings is 2. The second-order valence-corrected chi connectivity index (χ2v) is 8.94. The van der Waals surface area contributed by atoms with Gasteiger partial charge < -0.3 is 5.32 Å². The third-order valence-corrected chi connectivity index (χ3v) is 6.60. The van der Waals surface area contributed by atoms with E-state index in [0.717, 1.165) is 22.5 Å². The highest BCUT2D eigenvalue weighted by molar-refractivity contribution is 7.12. The summed E-state index contributed by atoms with van der Waals surface area (Å²) in [5.41, 5.74) is 5.63. The van der Waals surface area contributed by atoms with Crippen LogP contribution in [0.1, 0.15) is 28.8 Å². The minimum absolute atomic E-state index is 0.169. The molecule has 0 bridgehead atoms. The van der Waals surface area contributed by atoms with Crippen LogP contribution in [0.5, 0.6) is 0 Å². The summed E-state index contributed by atoms with van der Waals surface area (Å²) in [6.07, 6.45) is 0.516. The van der Waals surface area contributed by atoms with Crippen LogP contribution in [0.3, 0.4) is 0 Å². The van der Waals surface area contributed by atoms with E-state index in [1.54, 1.807) is 12.1 Å². The maximum Gasteiger partial charge on any atom is 0.276 e. The van der Waals surface area contributed by atoms with E-state index >= 15 is 0 Å². The monoisotopic (exact) mass is 466 g/mol. The molecule has 4 rings (SSSR count). The van der Waals surface area contributed by atoms with Crippen LogP contribution >= 0.6 is 22.9 Å². The molecule has 164 valence electrons. The second kappa shape index (κ2) is 9.14. The largest absolute Gasteiger partial charge is 0.326 e. The molecule has 0 aliphatic carbocycles. The summed E-state index contributed by atoms with van der Waals surface area (Å²) >= 11 is 7.51. The van der Waals surface area contributed by atoms with E-state index in [1.807, 2.05) is 56.5 Å². The van der Waals surface area contributed by atoms with E-state index in [-0.39, 0.29) is 17.9 Å². The van der Waals surface area contributed by atoms with Gasteiger partial charge in [0.1, 0.15) is 0 Å². The molecule has 2 aromatic heterocycles. The number of nitrogens with one attached hydrogen (secondary N) is 2. The molecule has 0 unspecified atom stereocenters. The Hall–Kier alpha value is -3.16. The molecule has 8 heteroatoms. The normalized spacial score (nSPS) is 11.0. The zero-order valence-electron chi connectivity index (χ0n) is 18.0. The fourth-order valence-corrected chi connectivity index (χ4v) is 4.39. The topological polar surface area (TPSA) is 79.8 Å². The van der Waals surface area contributed by atoms with Crippen LogP contribution in [0.4, 0.5) is 5.69 Å². The van der Waals surface area contributed by atoms with Crippen molar-refractivity contribution in [3.63, 3.8) is 0 Å². The number of carbonyl (C=O) groups excluding carboxylic acids is 1. The lowest BCUT2D eigenvalue weighted by atomic mass is 10.1. The van der Waals surface area contributed by atoms with Crippen LogP contribution in [0, 0.1) is 20.8 Å². The van der Waals surface area contributed by atoms with Crippen molar-refractivity contribution in [2.45, 2.75) is 33.6 Å². The van der Waals surface area contributed by atoms with Crippen molar-refractivity contribution in [1.82, 2.24) is 14.8 Å². The van der Waals surface area contributed by atoms with Crippen LogP contribution in [0.2, 0.25) is 5.02 Å². The van der Waals surface area contributed by atoms with Crippen molar-refractivity contribution in [2.75, 3.05) is 5.32 Å². The highest BCUT2D eigenvalue weighted by atomic mass is 35.5. The van der Waals surface area contributed by atoms with Crippen molar-refractivity contribution in [1.29, 1.82) is 0 Å². The number of hydrogen-bond donors (Lipinski definition) is 2. The van der Waals surface area contributed by atoms with Gasteiger partial charge in [-0.1, -0.05) is 47.5 Å².